The van der Waals surface area contributed by atoms with Crippen LogP contribution < -0.4 is 0 Å². The molecule has 1 aliphatic heterocycles. The smallest absolute Gasteiger partial charge is 0.159 e. The number of fused-ring (bicyclic) bond motifs is 3. The summed E-state index contributed by atoms with van der Waals surface area (Å²) in [5, 5.41) is 18.5. The highest BCUT2D eigenvalue weighted by Crippen LogP contribution is 2.30. The van der Waals surface area contributed by atoms with Crippen molar-refractivity contribution in [2.45, 2.75) is 39.8 Å². The van der Waals surface area contributed by atoms with E-state index >= 15 is 0 Å². The molecule has 1 unspecified atom stereocenters. The molecule has 0 amide bonds. The summed E-state index contributed by atoms with van der Waals surface area (Å²) < 4.78 is 2.19. The minimum absolute atomic E-state index is 0.192. The number of nitrogens with zero attached hydrogens (tertiary/aromatic N) is 6. The first-order valence-electron chi connectivity index (χ1n) is 10.5. The van der Waals surface area contributed by atoms with E-state index in [0.717, 1.165) is 53.7 Å². The largest absolute Gasteiger partial charge is 0.294 e. The molecule has 0 saturated carbocycles. The number of hydrogen-bond donors (Lipinski definition) is 0. The maximum Gasteiger partial charge on any atom is 0.159 e. The van der Waals surface area contributed by atoms with Crippen molar-refractivity contribution in [1.29, 1.82) is 5.26 Å². The third-order valence-corrected chi connectivity index (χ3v) is 5.74. The zero-order chi connectivity index (χ0) is 21.1. The van der Waals surface area contributed by atoms with Gasteiger partial charge in [0.1, 0.15) is 6.54 Å². The maximum absolute atomic E-state index is 9.33. The van der Waals surface area contributed by atoms with Crippen LogP contribution in [-0.2, 0) is 6.54 Å². The zero-order valence-corrected chi connectivity index (χ0v) is 17.7. The third-order valence-electron chi connectivity index (χ3n) is 5.74. The van der Waals surface area contributed by atoms with E-state index in [1.54, 1.807) is 0 Å². The average Bonchev–Trinajstić information content (AvgIpc) is 3.13. The van der Waals surface area contributed by atoms with Gasteiger partial charge in [0.25, 0.3) is 0 Å². The SMILES string of the molecule is CCC(c1nnc2n1-c1ccccc1C(c1cccc(C#N)c1)=NC2)N(CC)CC. The number of para-hydroxylation sites is 1. The van der Waals surface area contributed by atoms with E-state index in [4.69, 9.17) is 4.99 Å². The van der Waals surface area contributed by atoms with Crippen LogP contribution >= 0.6 is 0 Å². The Balaban J connectivity index is 1.88. The van der Waals surface area contributed by atoms with Crippen molar-refractivity contribution in [3.63, 3.8) is 0 Å². The van der Waals surface area contributed by atoms with Crippen LogP contribution in [0.15, 0.2) is 53.5 Å². The van der Waals surface area contributed by atoms with E-state index in [1.165, 1.54) is 0 Å². The molecule has 0 radical (unpaired) electrons. The van der Waals surface area contributed by atoms with Gasteiger partial charge in [-0.15, -0.1) is 10.2 Å². The Kier molecular flexibility index (Phi) is 5.73. The predicted octanol–water partition coefficient (Wildman–Crippen LogP) is 4.28. The Morgan fingerprint density at radius 3 is 2.60 bits per heavy atom. The summed E-state index contributed by atoms with van der Waals surface area (Å²) in [6.45, 7) is 8.93. The first-order valence-corrected chi connectivity index (χ1v) is 10.5. The summed E-state index contributed by atoms with van der Waals surface area (Å²) in [4.78, 5) is 7.33. The quantitative estimate of drug-likeness (QED) is 0.621. The molecule has 0 spiro atoms. The molecule has 0 aliphatic carbocycles. The molecule has 1 aliphatic rings. The van der Waals surface area contributed by atoms with Gasteiger partial charge in [0.05, 0.1) is 29.1 Å². The van der Waals surface area contributed by atoms with Crippen LogP contribution in [0.3, 0.4) is 0 Å². The van der Waals surface area contributed by atoms with Gasteiger partial charge in [0.15, 0.2) is 11.6 Å². The molecular weight excluding hydrogens is 372 g/mol. The second kappa shape index (κ2) is 8.60. The molecule has 2 aromatic carbocycles. The van der Waals surface area contributed by atoms with Gasteiger partial charge in [0, 0.05) is 11.1 Å². The summed E-state index contributed by atoms with van der Waals surface area (Å²) in [5.41, 5.74) is 4.52. The number of nitriles is 1. The van der Waals surface area contributed by atoms with Gasteiger partial charge in [-0.05, 0) is 37.7 Å². The topological polar surface area (TPSA) is 70.1 Å². The summed E-state index contributed by atoms with van der Waals surface area (Å²) in [5.74, 6) is 1.81. The van der Waals surface area contributed by atoms with Crippen LogP contribution in [0.4, 0.5) is 0 Å². The lowest BCUT2D eigenvalue weighted by molar-refractivity contribution is 0.202. The maximum atomic E-state index is 9.33. The highest BCUT2D eigenvalue weighted by Gasteiger charge is 2.28. The number of aliphatic imine (C=N–C) groups is 1. The van der Waals surface area contributed by atoms with Gasteiger partial charge in [-0.3, -0.25) is 14.5 Å². The van der Waals surface area contributed by atoms with Gasteiger partial charge in [-0.2, -0.15) is 5.26 Å². The van der Waals surface area contributed by atoms with E-state index in [2.05, 4.69) is 58.6 Å². The molecule has 1 aromatic heterocycles. The lowest BCUT2D eigenvalue weighted by Crippen LogP contribution is -2.30. The van der Waals surface area contributed by atoms with Gasteiger partial charge in [-0.25, -0.2) is 0 Å². The van der Waals surface area contributed by atoms with E-state index in [1.807, 2.05) is 36.4 Å². The number of aromatic nitrogens is 3. The Morgan fingerprint density at radius 2 is 1.87 bits per heavy atom. The van der Waals surface area contributed by atoms with Crippen molar-refractivity contribution in [3.8, 4) is 11.8 Å². The molecule has 4 rings (SSSR count). The molecule has 0 saturated heterocycles. The first kappa shape index (κ1) is 20.0. The number of benzene rings is 2. The minimum atomic E-state index is 0.192. The summed E-state index contributed by atoms with van der Waals surface area (Å²) in [7, 11) is 0. The van der Waals surface area contributed by atoms with Crippen molar-refractivity contribution >= 4 is 5.71 Å². The van der Waals surface area contributed by atoms with Crippen LogP contribution in [0.5, 0.6) is 0 Å². The highest BCUT2D eigenvalue weighted by molar-refractivity contribution is 6.15. The standard InChI is InChI=1S/C24H26N6/c1-4-20(29(5-2)6-3)24-28-27-22-16-26-23(18-11-9-10-17(14-18)15-25)19-12-7-8-13-21(19)30(22)24/h7-14,20H,4-6,16H2,1-3H3. The molecule has 6 nitrogen and oxygen atoms in total. The van der Waals surface area contributed by atoms with Crippen LogP contribution in [0.25, 0.3) is 5.69 Å². The van der Waals surface area contributed by atoms with Crippen molar-refractivity contribution in [2.75, 3.05) is 13.1 Å². The Hall–Kier alpha value is -3.30. The van der Waals surface area contributed by atoms with Crippen LogP contribution in [0.2, 0.25) is 0 Å². The lowest BCUT2D eigenvalue weighted by atomic mass is 9.99. The van der Waals surface area contributed by atoms with E-state index < -0.39 is 0 Å². The summed E-state index contributed by atoms with van der Waals surface area (Å²) >= 11 is 0. The van der Waals surface area contributed by atoms with Gasteiger partial charge in [0.2, 0.25) is 0 Å². The predicted molar refractivity (Wildman–Crippen MR) is 118 cm³/mol. The van der Waals surface area contributed by atoms with Gasteiger partial charge < -0.3 is 0 Å². The van der Waals surface area contributed by atoms with Gasteiger partial charge >= 0.3 is 0 Å². The van der Waals surface area contributed by atoms with Crippen molar-refractivity contribution in [2.24, 2.45) is 4.99 Å². The fourth-order valence-corrected chi connectivity index (χ4v) is 4.27. The lowest BCUT2D eigenvalue weighted by Gasteiger charge is -2.28. The first-order chi connectivity index (χ1) is 14.7. The van der Waals surface area contributed by atoms with Crippen LogP contribution in [0, 0.1) is 11.3 Å². The highest BCUT2D eigenvalue weighted by atomic mass is 15.3. The molecule has 30 heavy (non-hydrogen) atoms. The van der Waals surface area contributed by atoms with Crippen molar-refractivity contribution in [1.82, 2.24) is 19.7 Å². The summed E-state index contributed by atoms with van der Waals surface area (Å²) in [6, 6.07) is 18.3. The van der Waals surface area contributed by atoms with Crippen molar-refractivity contribution < 1.29 is 0 Å². The number of hydrogen-bond acceptors (Lipinski definition) is 5. The molecule has 2 heterocycles. The monoisotopic (exact) mass is 398 g/mol. The Bertz CT molecular complexity index is 1120. The average molecular weight is 399 g/mol. The molecule has 6 heteroatoms. The molecule has 0 N–H and O–H groups in total. The van der Waals surface area contributed by atoms with E-state index in [0.29, 0.717) is 12.1 Å². The second-order valence-corrected chi connectivity index (χ2v) is 7.33. The zero-order valence-electron chi connectivity index (χ0n) is 17.7. The number of rotatable bonds is 6. The molecule has 152 valence electrons. The molecular formula is C24H26N6. The molecule has 0 fully saturated rings. The molecule has 3 aromatic rings. The molecule has 0 bridgehead atoms. The van der Waals surface area contributed by atoms with Crippen LogP contribution in [0.1, 0.15) is 61.6 Å². The van der Waals surface area contributed by atoms with E-state index in [-0.39, 0.29) is 6.04 Å². The fourth-order valence-electron chi connectivity index (χ4n) is 4.27. The third kappa shape index (κ3) is 3.42. The molecule has 1 atom stereocenters. The van der Waals surface area contributed by atoms with E-state index in [9.17, 15) is 5.26 Å². The minimum Gasteiger partial charge on any atom is -0.294 e. The normalized spacial score (nSPS) is 13.8. The summed E-state index contributed by atoms with van der Waals surface area (Å²) in [6.07, 6.45) is 0.958. The fraction of sp³-hybridized carbons (Fsp3) is 0.333. The Morgan fingerprint density at radius 1 is 1.07 bits per heavy atom. The Labute approximate surface area is 177 Å². The van der Waals surface area contributed by atoms with Gasteiger partial charge in [-0.1, -0.05) is 51.1 Å². The second-order valence-electron chi connectivity index (χ2n) is 7.33. The van der Waals surface area contributed by atoms with Crippen molar-refractivity contribution in [3.05, 3.63) is 76.9 Å². The van der Waals surface area contributed by atoms with Crippen LogP contribution in [-0.4, -0.2) is 38.5 Å².